The highest BCUT2D eigenvalue weighted by molar-refractivity contribution is 6.07. The van der Waals surface area contributed by atoms with Crippen LogP contribution in [0.3, 0.4) is 0 Å². The molecule has 1 saturated heterocycles. The van der Waals surface area contributed by atoms with E-state index in [0.29, 0.717) is 49.9 Å². The van der Waals surface area contributed by atoms with E-state index in [-0.39, 0.29) is 5.91 Å². The number of anilines is 2. The van der Waals surface area contributed by atoms with Crippen LogP contribution < -0.4 is 15.1 Å². The summed E-state index contributed by atoms with van der Waals surface area (Å²) in [5.74, 6) is 1.18. The summed E-state index contributed by atoms with van der Waals surface area (Å²) in [6.07, 6.45) is 1.72. The van der Waals surface area contributed by atoms with Gasteiger partial charge in [-0.05, 0) is 49.1 Å². The minimum Gasteiger partial charge on any atom is -0.368 e. The Labute approximate surface area is 209 Å². The third kappa shape index (κ3) is 5.42. The number of nitrogens with one attached hydrogen (secondary N) is 1. The number of alkyl halides is 3. The van der Waals surface area contributed by atoms with Crippen molar-refractivity contribution in [2.24, 2.45) is 5.92 Å². The number of nitrogens with zero attached hydrogens (tertiary/aromatic N) is 3. The average molecular weight is 497 g/mol. The molecule has 2 aliphatic rings. The molecule has 0 bridgehead atoms. The first-order valence-corrected chi connectivity index (χ1v) is 12.7. The third-order valence-corrected chi connectivity index (χ3v) is 7.37. The Morgan fingerprint density at radius 3 is 2.39 bits per heavy atom. The Balaban J connectivity index is 1.31. The molecule has 2 aromatic carbocycles. The van der Waals surface area contributed by atoms with Crippen LogP contribution in [0, 0.1) is 5.92 Å². The van der Waals surface area contributed by atoms with Gasteiger partial charge in [-0.1, -0.05) is 43.5 Å². The van der Waals surface area contributed by atoms with Crippen molar-refractivity contribution in [3.63, 3.8) is 0 Å². The highest BCUT2D eigenvalue weighted by Gasteiger charge is 2.31. The fraction of sp³-hybridized carbons (Fsp3) is 0.429. The van der Waals surface area contributed by atoms with Crippen LogP contribution in [0.5, 0.6) is 0 Å². The zero-order chi connectivity index (χ0) is 25.1. The van der Waals surface area contributed by atoms with Gasteiger partial charge in [0, 0.05) is 43.8 Å². The Morgan fingerprint density at radius 1 is 0.917 bits per heavy atom. The number of pyridine rings is 1. The topological polar surface area (TPSA) is 48.5 Å². The first-order chi connectivity index (χ1) is 17.4. The molecule has 8 heteroatoms. The summed E-state index contributed by atoms with van der Waals surface area (Å²) in [4.78, 5) is 22.1. The predicted octanol–water partition coefficient (Wildman–Crippen LogP) is 5.89. The molecule has 1 aromatic heterocycles. The number of benzene rings is 2. The number of hydrogen-bond acceptors (Lipinski definition) is 4. The second-order valence-electron chi connectivity index (χ2n) is 9.78. The van der Waals surface area contributed by atoms with E-state index in [1.807, 2.05) is 35.2 Å². The van der Waals surface area contributed by atoms with Gasteiger partial charge in [0.1, 0.15) is 5.82 Å². The van der Waals surface area contributed by atoms with Crippen molar-refractivity contribution < 1.29 is 18.0 Å². The van der Waals surface area contributed by atoms with Crippen molar-refractivity contribution in [3.8, 4) is 0 Å². The maximum atomic E-state index is 13.2. The zero-order valence-corrected chi connectivity index (χ0v) is 20.2. The van der Waals surface area contributed by atoms with Crippen LogP contribution in [0.4, 0.5) is 24.7 Å². The summed E-state index contributed by atoms with van der Waals surface area (Å²) in [7, 11) is 0. The van der Waals surface area contributed by atoms with Gasteiger partial charge in [0.15, 0.2) is 0 Å². The van der Waals surface area contributed by atoms with Crippen molar-refractivity contribution in [3.05, 3.63) is 65.7 Å². The summed E-state index contributed by atoms with van der Waals surface area (Å²) in [6.45, 7) is 3.04. The van der Waals surface area contributed by atoms with Gasteiger partial charge >= 0.3 is 6.18 Å². The van der Waals surface area contributed by atoms with Crippen LogP contribution in [0.25, 0.3) is 10.9 Å². The molecule has 3 aromatic rings. The number of halogens is 3. The molecule has 0 unspecified atom stereocenters. The van der Waals surface area contributed by atoms with E-state index >= 15 is 0 Å². The molecule has 0 spiro atoms. The van der Waals surface area contributed by atoms with E-state index in [1.54, 1.807) is 6.07 Å². The fourth-order valence-corrected chi connectivity index (χ4v) is 5.31. The number of rotatable bonds is 5. The van der Waals surface area contributed by atoms with Crippen molar-refractivity contribution in [1.29, 1.82) is 0 Å². The summed E-state index contributed by atoms with van der Waals surface area (Å²) in [5.41, 5.74) is 1.31. The maximum Gasteiger partial charge on any atom is 0.416 e. The van der Waals surface area contributed by atoms with E-state index in [0.717, 1.165) is 22.8 Å². The molecule has 2 heterocycles. The fourth-order valence-electron chi connectivity index (χ4n) is 5.31. The van der Waals surface area contributed by atoms with Gasteiger partial charge in [-0.3, -0.25) is 4.79 Å². The third-order valence-electron chi connectivity index (χ3n) is 7.37. The van der Waals surface area contributed by atoms with E-state index in [2.05, 4.69) is 10.2 Å². The van der Waals surface area contributed by atoms with Crippen LogP contribution in [0.1, 0.15) is 48.0 Å². The van der Waals surface area contributed by atoms with Crippen molar-refractivity contribution in [2.75, 3.05) is 42.5 Å². The van der Waals surface area contributed by atoms with Crippen LogP contribution >= 0.6 is 0 Å². The molecule has 2 fully saturated rings. The second-order valence-corrected chi connectivity index (χ2v) is 9.78. The van der Waals surface area contributed by atoms with Crippen LogP contribution in [0.15, 0.2) is 54.6 Å². The number of fused-ring (bicyclic) bond motifs is 1. The first-order valence-electron chi connectivity index (χ1n) is 12.7. The molecule has 36 heavy (non-hydrogen) atoms. The largest absolute Gasteiger partial charge is 0.416 e. The van der Waals surface area contributed by atoms with Crippen molar-refractivity contribution in [1.82, 2.24) is 10.3 Å². The highest BCUT2D eigenvalue weighted by atomic mass is 19.4. The molecule has 1 amide bonds. The smallest absolute Gasteiger partial charge is 0.368 e. The van der Waals surface area contributed by atoms with Crippen LogP contribution in [0.2, 0.25) is 0 Å². The summed E-state index contributed by atoms with van der Waals surface area (Å²) in [6, 6.07) is 15.0. The number of amides is 1. The van der Waals surface area contributed by atoms with E-state index in [4.69, 9.17) is 4.98 Å². The van der Waals surface area contributed by atoms with Gasteiger partial charge < -0.3 is 15.1 Å². The molecule has 1 N–H and O–H groups in total. The van der Waals surface area contributed by atoms with Gasteiger partial charge in [-0.25, -0.2) is 4.98 Å². The Kier molecular flexibility index (Phi) is 7.03. The van der Waals surface area contributed by atoms with E-state index in [1.165, 1.54) is 44.2 Å². The predicted molar refractivity (Wildman–Crippen MR) is 137 cm³/mol. The minimum atomic E-state index is -4.36. The lowest BCUT2D eigenvalue weighted by molar-refractivity contribution is -0.137. The van der Waals surface area contributed by atoms with Gasteiger partial charge in [-0.2, -0.15) is 13.2 Å². The normalized spacial score (nSPS) is 17.4. The van der Waals surface area contributed by atoms with Gasteiger partial charge in [-0.15, -0.1) is 0 Å². The summed E-state index contributed by atoms with van der Waals surface area (Å²) in [5, 5.41) is 3.98. The quantitative estimate of drug-likeness (QED) is 0.479. The first kappa shape index (κ1) is 24.4. The molecule has 0 radical (unpaired) electrons. The molecule has 5 nitrogen and oxygen atoms in total. The molecular formula is C28H31F3N4O. The van der Waals surface area contributed by atoms with Crippen LogP contribution in [-0.2, 0) is 6.18 Å². The molecule has 0 atom stereocenters. The van der Waals surface area contributed by atoms with Crippen molar-refractivity contribution in [2.45, 2.75) is 38.3 Å². The molecule has 1 saturated carbocycles. The standard InChI is InChI=1S/C28H31F3N4O/c29-28(30,31)21-9-6-10-22(17-21)34-13-15-35(16-14-34)26-18-24(23-11-4-5-12-25(23)33-26)27(36)32-19-20-7-2-1-3-8-20/h4-6,9-12,17-18,20H,1-3,7-8,13-16,19H2,(H,32,36). The number of carbonyl (C=O) groups is 1. The number of hydrogen-bond donors (Lipinski definition) is 1. The number of carbonyl (C=O) groups excluding carboxylic acids is 1. The lowest BCUT2D eigenvalue weighted by atomic mass is 9.89. The average Bonchev–Trinajstić information content (AvgIpc) is 2.91. The minimum absolute atomic E-state index is 0.0805. The summed E-state index contributed by atoms with van der Waals surface area (Å²) < 4.78 is 39.4. The van der Waals surface area contributed by atoms with Crippen molar-refractivity contribution >= 4 is 28.3 Å². The zero-order valence-electron chi connectivity index (χ0n) is 20.2. The Morgan fingerprint density at radius 2 is 1.64 bits per heavy atom. The number of piperazine rings is 1. The molecule has 190 valence electrons. The highest BCUT2D eigenvalue weighted by Crippen LogP contribution is 2.32. The summed E-state index contributed by atoms with van der Waals surface area (Å²) >= 11 is 0. The Hall–Kier alpha value is -3.29. The van der Waals surface area contributed by atoms with Gasteiger partial charge in [0.2, 0.25) is 0 Å². The van der Waals surface area contributed by atoms with Crippen LogP contribution in [-0.4, -0.2) is 43.6 Å². The number of para-hydroxylation sites is 1. The lowest BCUT2D eigenvalue weighted by Crippen LogP contribution is -2.47. The molecule has 1 aliphatic heterocycles. The van der Waals surface area contributed by atoms with E-state index in [9.17, 15) is 18.0 Å². The van der Waals surface area contributed by atoms with Gasteiger partial charge in [0.25, 0.3) is 5.91 Å². The van der Waals surface area contributed by atoms with Gasteiger partial charge in [0.05, 0.1) is 16.6 Å². The second kappa shape index (κ2) is 10.4. The molecule has 1 aliphatic carbocycles. The number of aromatic nitrogens is 1. The maximum absolute atomic E-state index is 13.2. The van der Waals surface area contributed by atoms with E-state index < -0.39 is 11.7 Å². The lowest BCUT2D eigenvalue weighted by Gasteiger charge is -2.37. The monoisotopic (exact) mass is 496 g/mol. The molecule has 5 rings (SSSR count). The Bertz CT molecular complexity index is 1210. The SMILES string of the molecule is O=C(NCC1CCCCC1)c1cc(N2CCN(c3cccc(C(F)(F)F)c3)CC2)nc2ccccc12. The molecular weight excluding hydrogens is 465 g/mol.